The summed E-state index contributed by atoms with van der Waals surface area (Å²) in [6.07, 6.45) is 3.60. The summed E-state index contributed by atoms with van der Waals surface area (Å²) in [5.41, 5.74) is 5.57. The molecule has 0 radical (unpaired) electrons. The largest absolute Gasteiger partial charge is 0.316 e. The van der Waals surface area contributed by atoms with Crippen molar-refractivity contribution in [2.75, 3.05) is 24.5 Å². The molecular formula is C26H29FN2O2. The first-order valence-electron chi connectivity index (χ1n) is 11.5. The van der Waals surface area contributed by atoms with Crippen LogP contribution < -0.4 is 10.2 Å². The average molecular weight is 421 g/mol. The summed E-state index contributed by atoms with van der Waals surface area (Å²) in [4.78, 5) is 27.1. The van der Waals surface area contributed by atoms with Crippen molar-refractivity contribution in [3.05, 3.63) is 64.5 Å². The second-order valence-electron chi connectivity index (χ2n) is 9.19. The summed E-state index contributed by atoms with van der Waals surface area (Å²) in [6, 6.07) is 11.4. The van der Waals surface area contributed by atoms with Gasteiger partial charge in [0.05, 0.1) is 11.6 Å². The number of benzene rings is 2. The molecule has 162 valence electrons. The number of Topliss-reactive ketones (excluding diaryl/α,β-unsaturated/α-hetero) is 1. The van der Waals surface area contributed by atoms with Gasteiger partial charge in [0.2, 0.25) is 5.91 Å². The Bertz CT molecular complexity index is 1030. The van der Waals surface area contributed by atoms with Gasteiger partial charge in [-0.25, -0.2) is 4.39 Å². The summed E-state index contributed by atoms with van der Waals surface area (Å²) in [5.74, 6) is 0.676. The van der Waals surface area contributed by atoms with Gasteiger partial charge in [0.1, 0.15) is 11.6 Å². The highest BCUT2D eigenvalue weighted by atomic mass is 19.1. The number of halogens is 1. The molecule has 3 aliphatic rings. The monoisotopic (exact) mass is 420 g/mol. The molecular weight excluding hydrogens is 391 g/mol. The van der Waals surface area contributed by atoms with Gasteiger partial charge >= 0.3 is 0 Å². The Morgan fingerprint density at radius 2 is 2.10 bits per heavy atom. The van der Waals surface area contributed by atoms with Crippen LogP contribution in [0.1, 0.15) is 60.3 Å². The molecule has 4 nitrogen and oxygen atoms in total. The van der Waals surface area contributed by atoms with Crippen LogP contribution in [-0.2, 0) is 22.4 Å². The smallest absolute Gasteiger partial charge is 0.227 e. The second-order valence-corrected chi connectivity index (χ2v) is 9.19. The lowest BCUT2D eigenvalue weighted by atomic mass is 9.76. The van der Waals surface area contributed by atoms with Crippen LogP contribution >= 0.6 is 0 Å². The van der Waals surface area contributed by atoms with E-state index in [0.717, 1.165) is 49.2 Å². The Morgan fingerprint density at radius 1 is 1.23 bits per heavy atom. The fraction of sp³-hybridized carbons (Fsp3) is 0.462. The molecule has 0 aromatic heterocycles. The Hall–Kier alpha value is -2.53. The Kier molecular flexibility index (Phi) is 5.39. The highest BCUT2D eigenvalue weighted by molar-refractivity contribution is 6.03. The lowest BCUT2D eigenvalue weighted by Gasteiger charge is -2.34. The van der Waals surface area contributed by atoms with Crippen LogP contribution in [0.15, 0.2) is 36.4 Å². The molecule has 5 rings (SSSR count). The third-order valence-electron chi connectivity index (χ3n) is 7.32. The lowest BCUT2D eigenvalue weighted by Crippen LogP contribution is -2.37. The van der Waals surface area contributed by atoms with Crippen molar-refractivity contribution < 1.29 is 14.0 Å². The molecule has 1 saturated heterocycles. The molecule has 3 unspecified atom stereocenters. The minimum Gasteiger partial charge on any atom is -0.316 e. The summed E-state index contributed by atoms with van der Waals surface area (Å²) in [6.45, 7) is 4.25. The van der Waals surface area contributed by atoms with Crippen LogP contribution in [0.2, 0.25) is 0 Å². The minimum absolute atomic E-state index is 0.138. The number of nitrogens with one attached hydrogen (secondary N) is 1. The van der Waals surface area contributed by atoms with Gasteiger partial charge in [-0.15, -0.1) is 0 Å². The highest BCUT2D eigenvalue weighted by Gasteiger charge is 2.40. The first-order chi connectivity index (χ1) is 15.0. The zero-order valence-corrected chi connectivity index (χ0v) is 18.0. The molecule has 0 saturated carbocycles. The Morgan fingerprint density at radius 3 is 2.90 bits per heavy atom. The topological polar surface area (TPSA) is 49.4 Å². The minimum atomic E-state index is -0.205. The average Bonchev–Trinajstić information content (AvgIpc) is 3.17. The molecule has 2 aromatic rings. The van der Waals surface area contributed by atoms with Crippen LogP contribution in [0.5, 0.6) is 0 Å². The van der Waals surface area contributed by atoms with E-state index >= 15 is 0 Å². The highest BCUT2D eigenvalue weighted by Crippen LogP contribution is 2.46. The van der Waals surface area contributed by atoms with Crippen molar-refractivity contribution in [2.24, 2.45) is 5.92 Å². The number of carbonyl (C=O) groups excluding carboxylic acids is 2. The standard InChI is InChI=1S/C26H29FN2O2/c1-2-24(30)23-15-29-25(31)7-6-17-12-18(13-22(23)26(17)29)21-8-9-28-14-19(21)10-16-4-3-5-20(27)11-16/h3-5,11-13,19,21,23,28H,2,6-10,14-15H2,1H3. The Labute approximate surface area is 182 Å². The predicted octanol–water partition coefficient (Wildman–Crippen LogP) is 4.12. The van der Waals surface area contributed by atoms with Crippen molar-refractivity contribution >= 4 is 17.4 Å². The summed E-state index contributed by atoms with van der Waals surface area (Å²) >= 11 is 0. The van der Waals surface area contributed by atoms with E-state index < -0.39 is 0 Å². The lowest BCUT2D eigenvalue weighted by molar-refractivity contribution is -0.120. The van der Waals surface area contributed by atoms with Crippen LogP contribution in [0.25, 0.3) is 0 Å². The number of nitrogens with zero attached hydrogens (tertiary/aromatic N) is 1. The maximum atomic E-state index is 13.7. The van der Waals surface area contributed by atoms with Gasteiger partial charge in [-0.05, 0) is 78.6 Å². The summed E-state index contributed by atoms with van der Waals surface area (Å²) in [5, 5.41) is 3.51. The van der Waals surface area contributed by atoms with E-state index in [9.17, 15) is 14.0 Å². The summed E-state index contributed by atoms with van der Waals surface area (Å²) < 4.78 is 13.7. The zero-order chi connectivity index (χ0) is 21.5. The van der Waals surface area contributed by atoms with E-state index in [-0.39, 0.29) is 23.4 Å². The van der Waals surface area contributed by atoms with Crippen molar-refractivity contribution in [2.45, 2.75) is 50.9 Å². The first kappa shape index (κ1) is 20.4. The molecule has 2 aromatic carbocycles. The SMILES string of the molecule is CCC(=O)C1CN2C(=O)CCc3cc(C4CCNCC4Cc4cccc(F)c4)cc1c32. The third kappa shape index (κ3) is 3.69. The number of hydrogen-bond acceptors (Lipinski definition) is 3. The molecule has 1 amide bonds. The molecule has 31 heavy (non-hydrogen) atoms. The molecule has 3 atom stereocenters. The van der Waals surface area contributed by atoms with E-state index in [1.54, 1.807) is 12.1 Å². The van der Waals surface area contributed by atoms with E-state index in [1.165, 1.54) is 17.2 Å². The quantitative estimate of drug-likeness (QED) is 0.792. The van der Waals surface area contributed by atoms with Crippen LogP contribution in [-0.4, -0.2) is 31.3 Å². The maximum absolute atomic E-state index is 13.7. The van der Waals surface area contributed by atoms with Crippen LogP contribution in [0, 0.1) is 11.7 Å². The Balaban J connectivity index is 1.52. The molecule has 5 heteroatoms. The van der Waals surface area contributed by atoms with E-state index in [2.05, 4.69) is 17.4 Å². The van der Waals surface area contributed by atoms with Crippen molar-refractivity contribution in [3.63, 3.8) is 0 Å². The van der Waals surface area contributed by atoms with Gasteiger partial charge in [0.25, 0.3) is 0 Å². The number of amides is 1. The van der Waals surface area contributed by atoms with E-state index in [4.69, 9.17) is 0 Å². The number of aryl methyl sites for hydroxylation is 1. The second kappa shape index (κ2) is 8.19. The maximum Gasteiger partial charge on any atom is 0.227 e. The van der Waals surface area contributed by atoms with E-state index in [0.29, 0.717) is 31.2 Å². The number of piperidine rings is 1. The number of anilines is 1. The van der Waals surface area contributed by atoms with Gasteiger partial charge in [-0.3, -0.25) is 9.59 Å². The molecule has 3 heterocycles. The van der Waals surface area contributed by atoms with Gasteiger partial charge in [0.15, 0.2) is 0 Å². The van der Waals surface area contributed by atoms with Crippen molar-refractivity contribution in [1.82, 2.24) is 5.32 Å². The van der Waals surface area contributed by atoms with Crippen LogP contribution in [0.3, 0.4) is 0 Å². The third-order valence-corrected chi connectivity index (χ3v) is 7.32. The molecule has 0 aliphatic carbocycles. The predicted molar refractivity (Wildman–Crippen MR) is 119 cm³/mol. The molecule has 1 fully saturated rings. The summed E-state index contributed by atoms with van der Waals surface area (Å²) in [7, 11) is 0. The van der Waals surface area contributed by atoms with Crippen molar-refractivity contribution in [1.29, 1.82) is 0 Å². The van der Waals surface area contributed by atoms with E-state index in [1.807, 2.05) is 17.9 Å². The van der Waals surface area contributed by atoms with Gasteiger partial charge < -0.3 is 10.2 Å². The van der Waals surface area contributed by atoms with Gasteiger partial charge in [-0.2, -0.15) is 0 Å². The van der Waals surface area contributed by atoms with Gasteiger partial charge in [-0.1, -0.05) is 31.2 Å². The molecule has 3 aliphatic heterocycles. The first-order valence-corrected chi connectivity index (χ1v) is 11.5. The molecule has 0 spiro atoms. The van der Waals surface area contributed by atoms with Crippen molar-refractivity contribution in [3.8, 4) is 0 Å². The number of hydrogen-bond donors (Lipinski definition) is 1. The fourth-order valence-corrected chi connectivity index (χ4v) is 5.78. The zero-order valence-electron chi connectivity index (χ0n) is 18.0. The van der Waals surface area contributed by atoms with Crippen LogP contribution in [0.4, 0.5) is 10.1 Å². The molecule has 1 N–H and O–H groups in total. The fourth-order valence-electron chi connectivity index (χ4n) is 5.78. The normalized spacial score (nSPS) is 24.9. The van der Waals surface area contributed by atoms with Gasteiger partial charge in [0, 0.05) is 19.4 Å². The number of rotatable bonds is 5. The number of carbonyl (C=O) groups is 2. The number of ketones is 1. The molecule has 0 bridgehead atoms.